The van der Waals surface area contributed by atoms with Crippen LogP contribution in [-0.4, -0.2) is 26.8 Å². The molecule has 0 aliphatic rings. The first-order chi connectivity index (χ1) is 16.8. The number of nitrogens with zero attached hydrogens (tertiary/aromatic N) is 1. The minimum atomic E-state index is -1.10. The van der Waals surface area contributed by atoms with E-state index in [0.717, 1.165) is 10.8 Å². The zero-order valence-electron chi connectivity index (χ0n) is 18.4. The Morgan fingerprint density at radius 1 is 0.971 bits per heavy atom. The second kappa shape index (κ2) is 10.3. The second-order valence-electron chi connectivity index (χ2n) is 7.92. The van der Waals surface area contributed by atoms with Crippen molar-refractivity contribution >= 4 is 40.1 Å². The number of carbonyl (C=O) groups excluding carboxylic acids is 1. The molecule has 0 aliphatic carbocycles. The van der Waals surface area contributed by atoms with E-state index in [9.17, 15) is 24.6 Å². The van der Waals surface area contributed by atoms with E-state index < -0.39 is 29.4 Å². The van der Waals surface area contributed by atoms with Gasteiger partial charge in [-0.2, -0.15) is 0 Å². The minimum Gasteiger partial charge on any atom is -0.505 e. The summed E-state index contributed by atoms with van der Waals surface area (Å²) in [7, 11) is 0. The molecule has 178 valence electrons. The highest BCUT2D eigenvalue weighted by Gasteiger charge is 2.22. The number of fused-ring (bicyclic) bond motifs is 1. The number of halogens is 1. The fourth-order valence-electron chi connectivity index (χ4n) is 3.89. The maximum absolute atomic E-state index is 13.0. The van der Waals surface area contributed by atoms with Gasteiger partial charge in [-0.05, 0) is 34.0 Å². The van der Waals surface area contributed by atoms with Crippen LogP contribution in [0.5, 0.6) is 5.75 Å². The molecule has 0 spiro atoms. The number of carboxylic acid groups (broad SMARTS) is 1. The third-order valence-electron chi connectivity index (χ3n) is 5.56. The van der Waals surface area contributed by atoms with Crippen molar-refractivity contribution in [2.24, 2.45) is 0 Å². The molecule has 4 rings (SSSR count). The average molecular weight is 492 g/mol. The number of hydrogen-bond donors (Lipinski definition) is 4. The molecular formula is C26H22ClN3O5. The van der Waals surface area contributed by atoms with Crippen molar-refractivity contribution in [3.05, 3.63) is 105 Å². The van der Waals surface area contributed by atoms with Gasteiger partial charge in [-0.3, -0.25) is 9.59 Å². The molecule has 0 fully saturated rings. The van der Waals surface area contributed by atoms with Crippen molar-refractivity contribution in [1.29, 1.82) is 0 Å². The molecule has 0 saturated heterocycles. The van der Waals surface area contributed by atoms with Crippen LogP contribution in [0.1, 0.15) is 23.6 Å². The molecule has 1 atom stereocenters. The van der Waals surface area contributed by atoms with Crippen molar-refractivity contribution in [2.45, 2.75) is 19.0 Å². The van der Waals surface area contributed by atoms with Crippen molar-refractivity contribution < 1.29 is 19.8 Å². The summed E-state index contributed by atoms with van der Waals surface area (Å²) in [6, 6.07) is 19.4. The van der Waals surface area contributed by atoms with Crippen LogP contribution in [0.25, 0.3) is 10.8 Å². The number of aromatic hydroxyl groups is 1. The number of rotatable bonds is 7. The maximum Gasteiger partial charge on any atom is 0.319 e. The Bertz CT molecular complexity index is 1460. The van der Waals surface area contributed by atoms with Gasteiger partial charge in [0.15, 0.2) is 5.69 Å². The Kier molecular flexibility index (Phi) is 7.03. The number of hydrogen-bond acceptors (Lipinski definition) is 4. The molecule has 3 aromatic carbocycles. The lowest BCUT2D eigenvalue weighted by molar-refractivity contribution is -0.137. The van der Waals surface area contributed by atoms with Gasteiger partial charge < -0.3 is 25.4 Å². The number of anilines is 1. The molecule has 1 aromatic heterocycles. The molecule has 35 heavy (non-hydrogen) atoms. The van der Waals surface area contributed by atoms with E-state index in [0.29, 0.717) is 16.1 Å². The van der Waals surface area contributed by atoms with Crippen LogP contribution in [0.15, 0.2) is 83.8 Å². The highest BCUT2D eigenvalue weighted by atomic mass is 35.5. The Balaban J connectivity index is 1.60. The molecular weight excluding hydrogens is 470 g/mol. The Morgan fingerprint density at radius 3 is 2.46 bits per heavy atom. The molecule has 4 aromatic rings. The van der Waals surface area contributed by atoms with E-state index in [1.807, 2.05) is 30.3 Å². The summed E-state index contributed by atoms with van der Waals surface area (Å²) < 4.78 is 1.30. The molecule has 0 radical (unpaired) electrons. The van der Waals surface area contributed by atoms with Gasteiger partial charge >= 0.3 is 12.0 Å². The summed E-state index contributed by atoms with van der Waals surface area (Å²) in [4.78, 5) is 37.4. The highest BCUT2D eigenvalue weighted by Crippen LogP contribution is 2.27. The van der Waals surface area contributed by atoms with E-state index in [1.54, 1.807) is 36.4 Å². The van der Waals surface area contributed by atoms with Gasteiger partial charge in [0, 0.05) is 11.2 Å². The number of carboxylic acids is 1. The lowest BCUT2D eigenvalue weighted by Gasteiger charge is -2.20. The Labute approximate surface area is 205 Å². The summed E-state index contributed by atoms with van der Waals surface area (Å²) in [5.74, 6) is -1.52. The number of benzene rings is 3. The van der Waals surface area contributed by atoms with Gasteiger partial charge in [0.2, 0.25) is 0 Å². The van der Waals surface area contributed by atoms with Crippen molar-refractivity contribution in [1.82, 2.24) is 9.88 Å². The van der Waals surface area contributed by atoms with Gasteiger partial charge in [-0.15, -0.1) is 0 Å². The fraction of sp³-hybridized carbons (Fsp3) is 0.115. The summed E-state index contributed by atoms with van der Waals surface area (Å²) in [6.45, 7) is 0.132. The van der Waals surface area contributed by atoms with Gasteiger partial charge in [-0.25, -0.2) is 4.79 Å². The number of pyridine rings is 1. The first-order valence-electron chi connectivity index (χ1n) is 10.8. The molecule has 1 heterocycles. The molecule has 0 aliphatic heterocycles. The van der Waals surface area contributed by atoms with Crippen molar-refractivity contribution in [3.63, 3.8) is 0 Å². The standard InChI is InChI=1S/C26H22ClN3O5/c27-20-11-4-2-7-17(20)15-30-13-12-22(31)24(25(30)34)29-26(35)28-21(14-23(32)33)19-10-5-8-16-6-1-3-9-18(16)19/h1-13,21,31H,14-15H2,(H,32,33)(H2,28,29,35). The largest absolute Gasteiger partial charge is 0.505 e. The van der Waals surface area contributed by atoms with Crippen LogP contribution in [0.2, 0.25) is 5.02 Å². The molecule has 2 amide bonds. The van der Waals surface area contributed by atoms with Crippen molar-refractivity contribution in [2.75, 3.05) is 5.32 Å². The number of amides is 2. The monoisotopic (exact) mass is 491 g/mol. The van der Waals surface area contributed by atoms with E-state index >= 15 is 0 Å². The number of carbonyl (C=O) groups is 2. The number of aromatic nitrogens is 1. The normalized spacial score (nSPS) is 11.7. The first-order valence-corrected chi connectivity index (χ1v) is 11.1. The predicted molar refractivity (Wildman–Crippen MR) is 134 cm³/mol. The summed E-state index contributed by atoms with van der Waals surface area (Å²) >= 11 is 6.19. The van der Waals surface area contributed by atoms with Crippen LogP contribution in [0.3, 0.4) is 0 Å². The third kappa shape index (κ3) is 5.44. The molecule has 4 N–H and O–H groups in total. The average Bonchev–Trinajstić information content (AvgIpc) is 2.84. The van der Waals surface area contributed by atoms with Crippen LogP contribution in [0.4, 0.5) is 10.5 Å². The van der Waals surface area contributed by atoms with E-state index in [2.05, 4.69) is 10.6 Å². The molecule has 8 nitrogen and oxygen atoms in total. The lowest BCUT2D eigenvalue weighted by Crippen LogP contribution is -2.36. The predicted octanol–water partition coefficient (Wildman–Crippen LogP) is 4.75. The summed E-state index contributed by atoms with van der Waals surface area (Å²) in [5, 5.41) is 26.9. The second-order valence-corrected chi connectivity index (χ2v) is 8.32. The van der Waals surface area contributed by atoms with Gasteiger partial charge in [0.25, 0.3) is 5.56 Å². The van der Waals surface area contributed by atoms with Gasteiger partial charge in [-0.1, -0.05) is 72.3 Å². The summed E-state index contributed by atoms with van der Waals surface area (Å²) in [5.41, 5.74) is 0.341. The third-order valence-corrected chi connectivity index (χ3v) is 5.93. The van der Waals surface area contributed by atoms with Gasteiger partial charge in [0.05, 0.1) is 19.0 Å². The zero-order valence-corrected chi connectivity index (χ0v) is 19.2. The maximum atomic E-state index is 13.0. The van der Waals surface area contributed by atoms with E-state index in [4.69, 9.17) is 11.6 Å². The molecule has 0 saturated carbocycles. The zero-order chi connectivity index (χ0) is 24.9. The van der Waals surface area contributed by atoms with E-state index in [-0.39, 0.29) is 18.7 Å². The van der Waals surface area contributed by atoms with Crippen LogP contribution in [0, 0.1) is 0 Å². The molecule has 1 unspecified atom stereocenters. The lowest BCUT2D eigenvalue weighted by atomic mass is 9.97. The summed E-state index contributed by atoms with van der Waals surface area (Å²) in [6.07, 6.45) is 1.02. The Morgan fingerprint density at radius 2 is 1.69 bits per heavy atom. The molecule has 0 bridgehead atoms. The van der Waals surface area contributed by atoms with Crippen LogP contribution < -0.4 is 16.2 Å². The number of aliphatic carboxylic acids is 1. The fourth-order valence-corrected chi connectivity index (χ4v) is 4.09. The smallest absolute Gasteiger partial charge is 0.319 e. The van der Waals surface area contributed by atoms with E-state index in [1.165, 1.54) is 16.8 Å². The Hall–Kier alpha value is -4.30. The minimum absolute atomic E-state index is 0.132. The topological polar surface area (TPSA) is 121 Å². The van der Waals surface area contributed by atoms with Crippen LogP contribution >= 0.6 is 11.6 Å². The number of nitrogens with one attached hydrogen (secondary N) is 2. The quantitative estimate of drug-likeness (QED) is 0.297. The molecule has 9 heteroatoms. The SMILES string of the molecule is O=C(O)CC(NC(=O)Nc1c(O)ccn(Cc2ccccc2Cl)c1=O)c1cccc2ccccc12. The highest BCUT2D eigenvalue weighted by molar-refractivity contribution is 6.31. The van der Waals surface area contributed by atoms with Gasteiger partial charge in [0.1, 0.15) is 5.75 Å². The first kappa shape index (κ1) is 23.8. The van der Waals surface area contributed by atoms with Crippen LogP contribution in [-0.2, 0) is 11.3 Å². The number of urea groups is 1. The van der Waals surface area contributed by atoms with Crippen molar-refractivity contribution in [3.8, 4) is 5.75 Å².